The van der Waals surface area contributed by atoms with E-state index >= 15 is 0 Å². The molecule has 0 aliphatic heterocycles. The average Bonchev–Trinajstić information content (AvgIpc) is 2.99. The summed E-state index contributed by atoms with van der Waals surface area (Å²) in [5.74, 6) is -0.714. The molecule has 0 amide bonds. The van der Waals surface area contributed by atoms with Gasteiger partial charge in [0.25, 0.3) is 0 Å². The molecule has 0 unspecified atom stereocenters. The van der Waals surface area contributed by atoms with E-state index in [1.807, 2.05) is 43.3 Å². The number of esters is 1. The fraction of sp³-hybridized carbons (Fsp3) is 0.158. The number of nitrogens with one attached hydrogen (secondary N) is 1. The van der Waals surface area contributed by atoms with Gasteiger partial charge in [0.1, 0.15) is 0 Å². The summed E-state index contributed by atoms with van der Waals surface area (Å²) in [4.78, 5) is 27.7. The number of ketones is 1. The van der Waals surface area contributed by atoms with E-state index in [0.717, 1.165) is 16.5 Å². The summed E-state index contributed by atoms with van der Waals surface area (Å²) in [6.07, 6.45) is 0.773. The third-order valence-electron chi connectivity index (χ3n) is 3.80. The largest absolute Gasteiger partial charge is 0.451 e. The summed E-state index contributed by atoms with van der Waals surface area (Å²) >= 11 is 0. The highest BCUT2D eigenvalue weighted by molar-refractivity contribution is 6.06. The van der Waals surface area contributed by atoms with Gasteiger partial charge in [-0.1, -0.05) is 48.0 Å². The summed E-state index contributed by atoms with van der Waals surface area (Å²) in [5.41, 5.74) is 2.90. The van der Waals surface area contributed by atoms with Gasteiger partial charge in [0.05, 0.1) is 5.56 Å². The number of Topliss-reactive ketones (excluding diaryl/α,β-unsaturated/α-hetero) is 1. The van der Waals surface area contributed by atoms with Gasteiger partial charge in [-0.05, 0) is 19.9 Å². The molecule has 0 saturated heterocycles. The highest BCUT2D eigenvalue weighted by atomic mass is 16.5. The maximum absolute atomic E-state index is 12.3. The van der Waals surface area contributed by atoms with Gasteiger partial charge in [-0.2, -0.15) is 0 Å². The van der Waals surface area contributed by atoms with Crippen molar-refractivity contribution in [1.82, 2.24) is 4.98 Å². The van der Waals surface area contributed by atoms with Gasteiger partial charge in [-0.15, -0.1) is 0 Å². The van der Waals surface area contributed by atoms with Gasteiger partial charge < -0.3 is 9.72 Å². The number of para-hydroxylation sites is 1. The summed E-state index contributed by atoms with van der Waals surface area (Å²) in [6.45, 7) is 3.55. The van der Waals surface area contributed by atoms with Crippen molar-refractivity contribution in [2.45, 2.75) is 20.0 Å². The van der Waals surface area contributed by atoms with Crippen LogP contribution in [0, 0.1) is 6.92 Å². The summed E-state index contributed by atoms with van der Waals surface area (Å²) in [5, 5.41) is 0.785. The van der Waals surface area contributed by atoms with Crippen molar-refractivity contribution in [3.05, 3.63) is 71.4 Å². The van der Waals surface area contributed by atoms with Gasteiger partial charge in [0, 0.05) is 22.7 Å². The van der Waals surface area contributed by atoms with E-state index in [4.69, 9.17) is 4.74 Å². The second kappa shape index (κ2) is 6.08. The molecular formula is C19H17NO3. The van der Waals surface area contributed by atoms with Crippen LogP contribution in [0.2, 0.25) is 0 Å². The van der Waals surface area contributed by atoms with Gasteiger partial charge in [-0.25, -0.2) is 4.79 Å². The number of hydrogen-bond acceptors (Lipinski definition) is 3. The first-order valence-electron chi connectivity index (χ1n) is 7.44. The number of ether oxygens (including phenoxy) is 1. The zero-order valence-corrected chi connectivity index (χ0v) is 13.0. The number of carbonyl (C=O) groups excluding carboxylic acids is 2. The summed E-state index contributed by atoms with van der Waals surface area (Å²) in [7, 11) is 0. The van der Waals surface area contributed by atoms with Gasteiger partial charge in [0.2, 0.25) is 5.78 Å². The Hall–Kier alpha value is -2.88. The molecule has 2 aromatic carbocycles. The van der Waals surface area contributed by atoms with Crippen molar-refractivity contribution in [2.24, 2.45) is 0 Å². The van der Waals surface area contributed by atoms with Crippen molar-refractivity contribution in [2.75, 3.05) is 0 Å². The topological polar surface area (TPSA) is 59.2 Å². The van der Waals surface area contributed by atoms with Crippen LogP contribution in [0.3, 0.4) is 0 Å². The second-order valence-electron chi connectivity index (χ2n) is 5.53. The Labute approximate surface area is 134 Å². The van der Waals surface area contributed by atoms with Gasteiger partial charge in [0.15, 0.2) is 6.10 Å². The third-order valence-corrected chi connectivity index (χ3v) is 3.80. The van der Waals surface area contributed by atoms with Crippen molar-refractivity contribution < 1.29 is 14.3 Å². The SMILES string of the molecule is Cc1ccc(C(=O)[C@@H](C)OC(=O)c2c[nH]c3ccccc23)cc1. The first-order valence-corrected chi connectivity index (χ1v) is 7.44. The Morgan fingerprint density at radius 2 is 1.74 bits per heavy atom. The van der Waals surface area contributed by atoms with Crippen LogP contribution >= 0.6 is 0 Å². The van der Waals surface area contributed by atoms with Crippen LogP contribution in [0.4, 0.5) is 0 Å². The van der Waals surface area contributed by atoms with Gasteiger partial charge in [-0.3, -0.25) is 4.79 Å². The van der Waals surface area contributed by atoms with Crippen molar-refractivity contribution in [3.63, 3.8) is 0 Å². The fourth-order valence-corrected chi connectivity index (χ4v) is 2.47. The standard InChI is InChI=1S/C19H17NO3/c1-12-7-9-14(10-8-12)18(21)13(2)23-19(22)16-11-20-17-6-4-3-5-15(16)17/h3-11,13,20H,1-2H3/t13-/m1/s1. The molecule has 4 heteroatoms. The molecule has 23 heavy (non-hydrogen) atoms. The summed E-state index contributed by atoms with van der Waals surface area (Å²) in [6, 6.07) is 14.7. The number of benzene rings is 2. The Balaban J connectivity index is 1.77. The van der Waals surface area contributed by atoms with Crippen LogP contribution < -0.4 is 0 Å². The Bertz CT molecular complexity index is 862. The molecule has 1 atom stereocenters. The number of carbonyl (C=O) groups is 2. The molecular weight excluding hydrogens is 290 g/mol. The van der Waals surface area contributed by atoms with E-state index < -0.39 is 12.1 Å². The van der Waals surface area contributed by atoms with E-state index in [9.17, 15) is 9.59 Å². The molecule has 4 nitrogen and oxygen atoms in total. The molecule has 0 aliphatic carbocycles. The van der Waals surface area contributed by atoms with Crippen molar-refractivity contribution in [1.29, 1.82) is 0 Å². The zero-order valence-electron chi connectivity index (χ0n) is 13.0. The van der Waals surface area contributed by atoms with E-state index in [0.29, 0.717) is 11.1 Å². The lowest BCUT2D eigenvalue weighted by atomic mass is 10.1. The number of aromatic nitrogens is 1. The van der Waals surface area contributed by atoms with Crippen molar-refractivity contribution >= 4 is 22.7 Å². The maximum atomic E-state index is 12.3. The smallest absolute Gasteiger partial charge is 0.341 e. The highest BCUT2D eigenvalue weighted by Gasteiger charge is 2.22. The molecule has 0 bridgehead atoms. The second-order valence-corrected chi connectivity index (χ2v) is 5.53. The van der Waals surface area contributed by atoms with Crippen LogP contribution in [0.5, 0.6) is 0 Å². The van der Waals surface area contributed by atoms with E-state index in [1.54, 1.807) is 25.3 Å². The molecule has 3 aromatic rings. The van der Waals surface area contributed by atoms with E-state index in [-0.39, 0.29) is 5.78 Å². The maximum Gasteiger partial charge on any atom is 0.341 e. The highest BCUT2D eigenvalue weighted by Crippen LogP contribution is 2.19. The molecule has 1 N–H and O–H groups in total. The molecule has 116 valence electrons. The molecule has 0 saturated carbocycles. The van der Waals surface area contributed by atoms with Crippen LogP contribution in [-0.2, 0) is 4.74 Å². The number of aryl methyl sites for hydroxylation is 1. The first kappa shape index (κ1) is 15.0. The van der Waals surface area contributed by atoms with E-state index in [1.165, 1.54) is 0 Å². The summed E-state index contributed by atoms with van der Waals surface area (Å²) < 4.78 is 5.34. The zero-order chi connectivity index (χ0) is 16.4. The number of H-pyrrole nitrogens is 1. The number of hydrogen-bond donors (Lipinski definition) is 1. The normalized spacial score (nSPS) is 12.1. The Morgan fingerprint density at radius 3 is 2.48 bits per heavy atom. The Morgan fingerprint density at radius 1 is 1.04 bits per heavy atom. The minimum absolute atomic E-state index is 0.210. The first-order chi connectivity index (χ1) is 11.1. The fourth-order valence-electron chi connectivity index (χ4n) is 2.47. The molecule has 3 rings (SSSR count). The quantitative estimate of drug-likeness (QED) is 0.587. The molecule has 0 aliphatic rings. The molecule has 0 radical (unpaired) electrons. The molecule has 0 fully saturated rings. The molecule has 1 aromatic heterocycles. The molecule has 1 heterocycles. The third kappa shape index (κ3) is 3.01. The van der Waals surface area contributed by atoms with Crippen LogP contribution in [0.1, 0.15) is 33.2 Å². The number of aromatic amines is 1. The van der Waals surface area contributed by atoms with E-state index in [2.05, 4.69) is 4.98 Å². The predicted molar refractivity (Wildman–Crippen MR) is 88.7 cm³/mol. The average molecular weight is 307 g/mol. The lowest BCUT2D eigenvalue weighted by Gasteiger charge is -2.12. The van der Waals surface area contributed by atoms with Crippen molar-refractivity contribution in [3.8, 4) is 0 Å². The lowest BCUT2D eigenvalue weighted by molar-refractivity contribution is 0.0321. The number of rotatable bonds is 4. The monoisotopic (exact) mass is 307 g/mol. The number of fused-ring (bicyclic) bond motifs is 1. The van der Waals surface area contributed by atoms with Gasteiger partial charge >= 0.3 is 5.97 Å². The lowest BCUT2D eigenvalue weighted by Crippen LogP contribution is -2.24. The Kier molecular flexibility index (Phi) is 3.98. The van der Waals surface area contributed by atoms with Crippen LogP contribution in [0.25, 0.3) is 10.9 Å². The van der Waals surface area contributed by atoms with Crippen LogP contribution in [-0.4, -0.2) is 22.8 Å². The van der Waals surface area contributed by atoms with Crippen LogP contribution in [0.15, 0.2) is 54.7 Å². The minimum Gasteiger partial charge on any atom is -0.451 e. The molecule has 0 spiro atoms. The minimum atomic E-state index is -0.834. The predicted octanol–water partition coefficient (Wildman–Crippen LogP) is 3.90.